The van der Waals surface area contributed by atoms with Crippen LogP contribution in [0.15, 0.2) is 41.5 Å². The topological polar surface area (TPSA) is 233 Å². The molecule has 1 fully saturated rings. The van der Waals surface area contributed by atoms with Crippen LogP contribution in [0, 0.1) is 0 Å². The molecule has 1 unspecified atom stereocenters. The molecule has 2 aromatic rings. The highest BCUT2D eigenvalue weighted by molar-refractivity contribution is 6.01. The van der Waals surface area contributed by atoms with Gasteiger partial charge in [-0.3, -0.25) is 4.79 Å². The molecule has 0 amide bonds. The van der Waals surface area contributed by atoms with Crippen molar-refractivity contribution in [3.05, 3.63) is 58.0 Å². The van der Waals surface area contributed by atoms with Gasteiger partial charge in [-0.2, -0.15) is 0 Å². The number of ether oxygens (including phenoxy) is 5. The minimum atomic E-state index is -1.75. The van der Waals surface area contributed by atoms with Crippen LogP contribution in [0.2, 0.25) is 0 Å². The molecule has 15 heteroatoms. The van der Waals surface area contributed by atoms with Gasteiger partial charge in [-0.05, 0) is 29.6 Å². The monoisotopic (exact) mass is 593 g/mol. The van der Waals surface area contributed by atoms with Crippen LogP contribution >= 0.6 is 0 Å². The number of azide groups is 1. The van der Waals surface area contributed by atoms with E-state index in [9.17, 15) is 35.4 Å². The Labute approximate surface area is 241 Å². The van der Waals surface area contributed by atoms with Crippen LogP contribution in [0.1, 0.15) is 22.3 Å². The Balaban J connectivity index is 1.70. The number of aromatic hydroxyl groups is 2. The predicted octanol–water partition coefficient (Wildman–Crippen LogP) is 0.814. The summed E-state index contributed by atoms with van der Waals surface area (Å²) >= 11 is 0. The molecule has 0 radical (unpaired) electrons. The normalized spacial score (nSPS) is 21.9. The highest BCUT2D eigenvalue weighted by Gasteiger charge is 2.45. The summed E-state index contributed by atoms with van der Waals surface area (Å²) in [5, 5.41) is 63.8. The molecule has 1 saturated heterocycles. The van der Waals surface area contributed by atoms with Crippen LogP contribution in [-0.4, -0.2) is 113 Å². The fourth-order valence-electron chi connectivity index (χ4n) is 4.06. The molecular formula is C27H35N3O12. The zero-order valence-corrected chi connectivity index (χ0v) is 22.7. The molecule has 1 aliphatic heterocycles. The Morgan fingerprint density at radius 1 is 0.952 bits per heavy atom. The fraction of sp³-hybridized carbons (Fsp3) is 0.519. The molecule has 1 aliphatic rings. The Bertz CT molecular complexity index is 1190. The van der Waals surface area contributed by atoms with Crippen molar-refractivity contribution < 1.29 is 59.1 Å². The second-order valence-electron chi connectivity index (χ2n) is 9.25. The quantitative estimate of drug-likeness (QED) is 0.0492. The largest absolute Gasteiger partial charge is 0.508 e. The van der Waals surface area contributed by atoms with Gasteiger partial charge >= 0.3 is 0 Å². The number of nitrogens with zero attached hydrogens (tertiary/aromatic N) is 3. The van der Waals surface area contributed by atoms with Crippen molar-refractivity contribution >= 4 is 5.78 Å². The molecule has 1 heterocycles. The van der Waals surface area contributed by atoms with E-state index in [2.05, 4.69) is 10.0 Å². The number of aryl methyl sites for hydroxylation is 1. The van der Waals surface area contributed by atoms with Crippen molar-refractivity contribution in [1.82, 2.24) is 0 Å². The van der Waals surface area contributed by atoms with Gasteiger partial charge in [-0.1, -0.05) is 17.2 Å². The number of rotatable bonds is 17. The van der Waals surface area contributed by atoms with Crippen molar-refractivity contribution in [2.45, 2.75) is 43.5 Å². The summed E-state index contributed by atoms with van der Waals surface area (Å²) in [6.07, 6.45) is -7.72. The SMILES string of the molecule is [N-]=[N+]=NCCOCCOCCOc1cc(O)c(C(=O)CCc2ccc(O)cc2)c(O[C@@H]2O[C@H](CO)[C@@H](O)C(O)[C@H]2O)c1. The molecular weight excluding hydrogens is 558 g/mol. The summed E-state index contributed by atoms with van der Waals surface area (Å²) < 4.78 is 27.4. The third kappa shape index (κ3) is 9.44. The Morgan fingerprint density at radius 3 is 2.33 bits per heavy atom. The maximum absolute atomic E-state index is 13.2. The number of hydrogen-bond donors (Lipinski definition) is 6. The molecule has 3 rings (SSSR count). The smallest absolute Gasteiger partial charge is 0.229 e. The Morgan fingerprint density at radius 2 is 1.64 bits per heavy atom. The number of Topliss-reactive ketones (excluding diaryl/α,β-unsaturated/α-hetero) is 1. The third-order valence-electron chi connectivity index (χ3n) is 6.27. The number of hydrogen-bond acceptors (Lipinski definition) is 13. The first-order valence-corrected chi connectivity index (χ1v) is 13.2. The molecule has 0 aliphatic carbocycles. The summed E-state index contributed by atoms with van der Waals surface area (Å²) in [6.45, 7) is 0.524. The third-order valence-corrected chi connectivity index (χ3v) is 6.27. The van der Waals surface area contributed by atoms with Gasteiger partial charge in [-0.15, -0.1) is 0 Å². The van der Waals surface area contributed by atoms with Gasteiger partial charge < -0.3 is 54.3 Å². The number of carbonyl (C=O) groups is 1. The molecule has 2 aromatic carbocycles. The molecule has 15 nitrogen and oxygen atoms in total. The van der Waals surface area contributed by atoms with E-state index in [-0.39, 0.29) is 75.2 Å². The lowest BCUT2D eigenvalue weighted by Gasteiger charge is -2.39. The number of benzene rings is 2. The average molecular weight is 594 g/mol. The first-order chi connectivity index (χ1) is 20.2. The zero-order valence-electron chi connectivity index (χ0n) is 22.7. The minimum Gasteiger partial charge on any atom is -0.508 e. The summed E-state index contributed by atoms with van der Waals surface area (Å²) in [5.41, 5.74) is 8.75. The summed E-state index contributed by atoms with van der Waals surface area (Å²) in [4.78, 5) is 15.8. The van der Waals surface area contributed by atoms with Gasteiger partial charge in [0.25, 0.3) is 0 Å². The van der Waals surface area contributed by atoms with Crippen molar-refractivity contribution in [3.63, 3.8) is 0 Å². The maximum Gasteiger partial charge on any atom is 0.229 e. The molecule has 42 heavy (non-hydrogen) atoms. The van der Waals surface area contributed by atoms with E-state index in [0.29, 0.717) is 0 Å². The van der Waals surface area contributed by atoms with Crippen LogP contribution in [0.3, 0.4) is 0 Å². The van der Waals surface area contributed by atoms with Crippen LogP contribution in [0.5, 0.6) is 23.0 Å². The number of carbonyl (C=O) groups excluding carboxylic acids is 1. The lowest BCUT2D eigenvalue weighted by atomic mass is 9.99. The van der Waals surface area contributed by atoms with Crippen molar-refractivity contribution in [2.75, 3.05) is 46.2 Å². The highest BCUT2D eigenvalue weighted by atomic mass is 16.7. The molecule has 5 atom stereocenters. The van der Waals surface area contributed by atoms with E-state index < -0.39 is 48.8 Å². The number of aliphatic hydroxyl groups is 4. The van der Waals surface area contributed by atoms with Gasteiger partial charge in [0, 0.05) is 30.0 Å². The predicted molar refractivity (Wildman–Crippen MR) is 144 cm³/mol. The van der Waals surface area contributed by atoms with E-state index in [1.54, 1.807) is 12.1 Å². The molecule has 0 bridgehead atoms. The van der Waals surface area contributed by atoms with Gasteiger partial charge in [0.15, 0.2) is 5.78 Å². The highest BCUT2D eigenvalue weighted by Crippen LogP contribution is 2.37. The number of ketones is 1. The summed E-state index contributed by atoms with van der Waals surface area (Å²) in [6, 6.07) is 8.80. The Hall–Kier alpha value is -3.66. The van der Waals surface area contributed by atoms with Crippen molar-refractivity contribution in [3.8, 4) is 23.0 Å². The van der Waals surface area contributed by atoms with Gasteiger partial charge in [0.1, 0.15) is 59.6 Å². The van der Waals surface area contributed by atoms with E-state index in [1.165, 1.54) is 24.3 Å². The van der Waals surface area contributed by atoms with E-state index in [4.69, 9.17) is 29.2 Å². The Kier molecular flexibility index (Phi) is 13.1. The van der Waals surface area contributed by atoms with E-state index >= 15 is 0 Å². The van der Waals surface area contributed by atoms with Gasteiger partial charge in [-0.25, -0.2) is 0 Å². The lowest BCUT2D eigenvalue weighted by molar-refractivity contribution is -0.277. The fourth-order valence-corrected chi connectivity index (χ4v) is 4.06. The number of aliphatic hydroxyl groups excluding tert-OH is 4. The minimum absolute atomic E-state index is 0.0474. The second-order valence-corrected chi connectivity index (χ2v) is 9.25. The van der Waals surface area contributed by atoms with Gasteiger partial charge in [0.05, 0.1) is 33.0 Å². The molecule has 0 spiro atoms. The summed E-state index contributed by atoms with van der Waals surface area (Å²) in [5.74, 6) is -1.04. The maximum atomic E-state index is 13.2. The average Bonchev–Trinajstić information content (AvgIpc) is 2.97. The number of phenols is 2. The zero-order chi connectivity index (χ0) is 30.5. The molecule has 6 N–H and O–H groups in total. The van der Waals surface area contributed by atoms with Crippen LogP contribution in [0.4, 0.5) is 0 Å². The second kappa shape index (κ2) is 16.7. The summed E-state index contributed by atoms with van der Waals surface area (Å²) in [7, 11) is 0. The van der Waals surface area contributed by atoms with Crippen molar-refractivity contribution in [2.24, 2.45) is 5.11 Å². The molecule has 230 valence electrons. The molecule has 0 saturated carbocycles. The first kappa shape index (κ1) is 32.8. The van der Waals surface area contributed by atoms with E-state index in [1.807, 2.05) is 0 Å². The standard InChI is InChI=1S/C27H35N3O12/c28-30-29-7-8-38-9-10-39-11-12-40-18-13-20(34)23(19(33)6-3-16-1-4-17(32)5-2-16)21(14-18)41-27-26(37)25(36)24(35)22(15-31)42-27/h1-2,4-5,13-14,22,24-27,31-32,34-37H,3,6-12,15H2/t22-,24-,25?,26-,27-/m1/s1. The van der Waals surface area contributed by atoms with Crippen LogP contribution in [-0.2, 0) is 20.6 Å². The number of phenolic OH excluding ortho intramolecular Hbond substituents is 2. The van der Waals surface area contributed by atoms with Crippen LogP contribution < -0.4 is 9.47 Å². The lowest BCUT2D eigenvalue weighted by Crippen LogP contribution is -2.60. The van der Waals surface area contributed by atoms with Gasteiger partial charge in [0.2, 0.25) is 6.29 Å². The van der Waals surface area contributed by atoms with Crippen molar-refractivity contribution in [1.29, 1.82) is 0 Å². The molecule has 0 aromatic heterocycles. The van der Waals surface area contributed by atoms with Crippen LogP contribution in [0.25, 0.3) is 10.4 Å². The first-order valence-electron chi connectivity index (χ1n) is 13.2. The van der Waals surface area contributed by atoms with E-state index in [0.717, 1.165) is 5.56 Å².